The van der Waals surface area contributed by atoms with Crippen LogP contribution in [0.3, 0.4) is 0 Å². The maximum Gasteiger partial charge on any atom is -0.00179 e. The Hall–Kier alpha value is 0.310. The predicted molar refractivity (Wildman–Crippen MR) is 80.8 cm³/mol. The van der Waals surface area contributed by atoms with Gasteiger partial charge in [0.05, 0.1) is 0 Å². The second kappa shape index (κ2) is 10.3. The summed E-state index contributed by atoms with van der Waals surface area (Å²) in [6.45, 7) is 4.74. The van der Waals surface area contributed by atoms with E-state index in [1.54, 1.807) is 0 Å². The van der Waals surface area contributed by atoms with Crippen molar-refractivity contribution in [1.29, 1.82) is 0 Å². The van der Waals surface area contributed by atoms with Crippen LogP contribution >= 0.6 is 11.8 Å². The minimum Gasteiger partial charge on any atom is -0.316 e. The summed E-state index contributed by atoms with van der Waals surface area (Å²) in [6, 6.07) is 0. The molecule has 1 aliphatic rings. The highest BCUT2D eigenvalue weighted by Crippen LogP contribution is 2.31. The maximum absolute atomic E-state index is 3.65. The molecule has 102 valence electrons. The van der Waals surface area contributed by atoms with Crippen LogP contribution in [0.5, 0.6) is 0 Å². The molecular weight excluding hydrogens is 226 g/mol. The van der Waals surface area contributed by atoms with Gasteiger partial charge in [0.25, 0.3) is 0 Å². The van der Waals surface area contributed by atoms with E-state index < -0.39 is 0 Å². The SMILES string of the molecule is CCCNCC1CCCCCC1CCCSC. The summed E-state index contributed by atoms with van der Waals surface area (Å²) in [5.74, 6) is 3.32. The molecule has 0 aromatic carbocycles. The van der Waals surface area contributed by atoms with Crippen molar-refractivity contribution in [2.75, 3.05) is 25.1 Å². The van der Waals surface area contributed by atoms with E-state index in [4.69, 9.17) is 0 Å². The average Bonchev–Trinajstić information content (AvgIpc) is 2.56. The molecule has 0 aromatic rings. The number of hydrogen-bond donors (Lipinski definition) is 1. The van der Waals surface area contributed by atoms with Crippen LogP contribution in [-0.2, 0) is 0 Å². The molecule has 0 radical (unpaired) electrons. The van der Waals surface area contributed by atoms with Crippen molar-refractivity contribution in [3.05, 3.63) is 0 Å². The zero-order valence-corrected chi connectivity index (χ0v) is 12.7. The first-order valence-corrected chi connectivity index (χ1v) is 8.97. The zero-order valence-electron chi connectivity index (χ0n) is 11.8. The average molecular weight is 257 g/mol. The van der Waals surface area contributed by atoms with Crippen molar-refractivity contribution < 1.29 is 0 Å². The summed E-state index contributed by atoms with van der Waals surface area (Å²) < 4.78 is 0. The quantitative estimate of drug-likeness (QED) is 0.513. The van der Waals surface area contributed by atoms with E-state index in [1.165, 1.54) is 70.2 Å². The van der Waals surface area contributed by atoms with Crippen LogP contribution in [0.25, 0.3) is 0 Å². The van der Waals surface area contributed by atoms with Gasteiger partial charge in [0.2, 0.25) is 0 Å². The van der Waals surface area contributed by atoms with Crippen LogP contribution in [0.1, 0.15) is 58.3 Å². The lowest BCUT2D eigenvalue weighted by Crippen LogP contribution is -2.28. The lowest BCUT2D eigenvalue weighted by atomic mass is 9.84. The lowest BCUT2D eigenvalue weighted by Gasteiger charge is -2.25. The van der Waals surface area contributed by atoms with E-state index in [0.717, 1.165) is 11.8 Å². The van der Waals surface area contributed by atoms with Crippen molar-refractivity contribution in [3.63, 3.8) is 0 Å². The van der Waals surface area contributed by atoms with Crippen molar-refractivity contribution >= 4 is 11.8 Å². The second-order valence-electron chi connectivity index (χ2n) is 5.50. The molecular formula is C15H31NS. The van der Waals surface area contributed by atoms with E-state index in [0.29, 0.717) is 0 Å². The Labute approximate surface area is 113 Å². The van der Waals surface area contributed by atoms with Crippen LogP contribution in [0.4, 0.5) is 0 Å². The largest absolute Gasteiger partial charge is 0.316 e. The molecule has 0 heterocycles. The molecule has 1 nitrogen and oxygen atoms in total. The molecule has 1 aliphatic carbocycles. The van der Waals surface area contributed by atoms with Gasteiger partial charge in [0.1, 0.15) is 0 Å². The molecule has 1 N–H and O–H groups in total. The molecule has 1 fully saturated rings. The lowest BCUT2D eigenvalue weighted by molar-refractivity contribution is 0.282. The van der Waals surface area contributed by atoms with Gasteiger partial charge >= 0.3 is 0 Å². The fraction of sp³-hybridized carbons (Fsp3) is 1.00. The zero-order chi connectivity index (χ0) is 12.3. The van der Waals surface area contributed by atoms with Gasteiger partial charge < -0.3 is 5.32 Å². The fourth-order valence-electron chi connectivity index (χ4n) is 3.06. The van der Waals surface area contributed by atoms with Crippen LogP contribution < -0.4 is 5.32 Å². The van der Waals surface area contributed by atoms with Crippen molar-refractivity contribution in [2.24, 2.45) is 11.8 Å². The summed E-state index contributed by atoms with van der Waals surface area (Å²) in [4.78, 5) is 0. The Morgan fingerprint density at radius 3 is 2.59 bits per heavy atom. The number of rotatable bonds is 8. The standard InChI is InChI=1S/C15H31NS/c1-3-11-16-13-15-9-6-4-5-8-14(15)10-7-12-17-2/h14-16H,3-13H2,1-2H3. The van der Waals surface area contributed by atoms with Crippen LogP contribution in [0.2, 0.25) is 0 Å². The molecule has 2 unspecified atom stereocenters. The minimum absolute atomic E-state index is 0.964. The highest BCUT2D eigenvalue weighted by Gasteiger charge is 2.22. The Morgan fingerprint density at radius 2 is 1.88 bits per heavy atom. The highest BCUT2D eigenvalue weighted by molar-refractivity contribution is 7.98. The Bertz CT molecular complexity index is 154. The predicted octanol–water partition coefficient (Wildman–Crippen LogP) is 4.33. The molecule has 17 heavy (non-hydrogen) atoms. The van der Waals surface area contributed by atoms with Gasteiger partial charge in [-0.25, -0.2) is 0 Å². The van der Waals surface area contributed by atoms with Gasteiger partial charge in [-0.1, -0.05) is 32.6 Å². The molecule has 0 amide bonds. The summed E-state index contributed by atoms with van der Waals surface area (Å²) in [5.41, 5.74) is 0. The van der Waals surface area contributed by atoms with Gasteiger partial charge in [0, 0.05) is 0 Å². The molecule has 0 saturated heterocycles. The van der Waals surface area contributed by atoms with E-state index in [2.05, 4.69) is 18.5 Å². The van der Waals surface area contributed by atoms with E-state index in [1.807, 2.05) is 11.8 Å². The summed E-state index contributed by atoms with van der Waals surface area (Å²) in [7, 11) is 0. The molecule has 1 saturated carbocycles. The highest BCUT2D eigenvalue weighted by atomic mass is 32.2. The third-order valence-corrected chi connectivity index (χ3v) is 4.77. The maximum atomic E-state index is 3.65. The molecule has 1 rings (SSSR count). The molecule has 0 aliphatic heterocycles. The van der Waals surface area contributed by atoms with Gasteiger partial charge in [-0.05, 0) is 62.6 Å². The molecule has 2 heteroatoms. The van der Waals surface area contributed by atoms with E-state index in [9.17, 15) is 0 Å². The monoisotopic (exact) mass is 257 g/mol. The first kappa shape index (κ1) is 15.4. The summed E-state index contributed by atoms with van der Waals surface area (Å²) in [5, 5.41) is 3.65. The summed E-state index contributed by atoms with van der Waals surface area (Å²) >= 11 is 2.00. The van der Waals surface area contributed by atoms with Crippen LogP contribution in [0, 0.1) is 11.8 Å². The van der Waals surface area contributed by atoms with Crippen LogP contribution in [-0.4, -0.2) is 25.1 Å². The molecule has 0 bridgehead atoms. The van der Waals surface area contributed by atoms with E-state index in [-0.39, 0.29) is 0 Å². The Kier molecular flexibility index (Phi) is 9.27. The minimum atomic E-state index is 0.964. The third kappa shape index (κ3) is 6.71. The number of hydrogen-bond acceptors (Lipinski definition) is 2. The van der Waals surface area contributed by atoms with E-state index >= 15 is 0 Å². The van der Waals surface area contributed by atoms with Gasteiger partial charge in [0.15, 0.2) is 0 Å². The second-order valence-corrected chi connectivity index (χ2v) is 6.48. The van der Waals surface area contributed by atoms with Crippen molar-refractivity contribution in [2.45, 2.75) is 58.3 Å². The fourth-order valence-corrected chi connectivity index (χ4v) is 3.52. The normalized spacial score (nSPS) is 25.8. The van der Waals surface area contributed by atoms with Crippen LogP contribution in [0.15, 0.2) is 0 Å². The van der Waals surface area contributed by atoms with Crippen molar-refractivity contribution in [1.82, 2.24) is 5.32 Å². The number of thioether (sulfide) groups is 1. The smallest absolute Gasteiger partial charge is 0.00179 e. The van der Waals surface area contributed by atoms with Crippen molar-refractivity contribution in [3.8, 4) is 0 Å². The first-order chi connectivity index (χ1) is 8.38. The van der Waals surface area contributed by atoms with Gasteiger partial charge in [-0.15, -0.1) is 0 Å². The van der Waals surface area contributed by atoms with Gasteiger partial charge in [-0.2, -0.15) is 11.8 Å². The molecule has 0 aromatic heterocycles. The van der Waals surface area contributed by atoms with Gasteiger partial charge in [-0.3, -0.25) is 0 Å². The Morgan fingerprint density at radius 1 is 1.12 bits per heavy atom. The third-order valence-electron chi connectivity index (χ3n) is 4.07. The molecule has 0 spiro atoms. The first-order valence-electron chi connectivity index (χ1n) is 7.58. The molecule has 2 atom stereocenters. The number of nitrogens with one attached hydrogen (secondary N) is 1. The topological polar surface area (TPSA) is 12.0 Å². The Balaban J connectivity index is 2.30. The summed E-state index contributed by atoms with van der Waals surface area (Å²) in [6.07, 6.45) is 13.8.